The van der Waals surface area contributed by atoms with Gasteiger partial charge in [-0.15, -0.1) is 0 Å². The minimum atomic E-state index is -1.14. The van der Waals surface area contributed by atoms with Gasteiger partial charge in [0.2, 0.25) is 0 Å². The zero-order valence-corrected chi connectivity index (χ0v) is 12.0. The molecule has 0 unspecified atom stereocenters. The van der Waals surface area contributed by atoms with Crippen LogP contribution in [-0.2, 0) is 4.79 Å². The first-order valence-electron chi connectivity index (χ1n) is 6.89. The summed E-state index contributed by atoms with van der Waals surface area (Å²) in [6.45, 7) is 5.49. The summed E-state index contributed by atoms with van der Waals surface area (Å²) >= 11 is 0. The number of carbonyl (C=O) groups excluding carboxylic acids is 1. The molecule has 1 aromatic heterocycles. The van der Waals surface area contributed by atoms with Gasteiger partial charge >= 0.3 is 5.97 Å². The Balaban J connectivity index is 2.28. The van der Waals surface area contributed by atoms with Crippen LogP contribution in [0.3, 0.4) is 0 Å². The summed E-state index contributed by atoms with van der Waals surface area (Å²) in [4.78, 5) is 23.9. The number of carboxylic acids is 1. The Hall–Kier alpha value is -1.85. The Kier molecular flexibility index (Phi) is 3.83. The highest BCUT2D eigenvalue weighted by atomic mass is 16.5. The van der Waals surface area contributed by atoms with E-state index in [2.05, 4.69) is 10.5 Å². The van der Waals surface area contributed by atoms with E-state index in [1.165, 1.54) is 0 Å². The molecule has 0 aromatic carbocycles. The molecular weight excluding hydrogens is 260 g/mol. The maximum atomic E-state index is 12.4. The smallest absolute Gasteiger partial charge is 0.329 e. The molecule has 1 aromatic rings. The van der Waals surface area contributed by atoms with Crippen LogP contribution in [0.2, 0.25) is 0 Å². The van der Waals surface area contributed by atoms with Crippen molar-refractivity contribution in [1.29, 1.82) is 0 Å². The van der Waals surface area contributed by atoms with Crippen LogP contribution in [0.4, 0.5) is 0 Å². The number of aliphatic carboxylic acids is 1. The molecule has 0 saturated heterocycles. The van der Waals surface area contributed by atoms with E-state index in [0.717, 1.165) is 12.8 Å². The fourth-order valence-corrected chi connectivity index (χ4v) is 2.71. The molecule has 1 heterocycles. The second-order valence-corrected chi connectivity index (χ2v) is 5.71. The zero-order valence-electron chi connectivity index (χ0n) is 12.0. The van der Waals surface area contributed by atoms with E-state index in [0.29, 0.717) is 29.9 Å². The van der Waals surface area contributed by atoms with Gasteiger partial charge in [0.05, 0.1) is 5.69 Å². The van der Waals surface area contributed by atoms with Gasteiger partial charge in [-0.05, 0) is 19.8 Å². The van der Waals surface area contributed by atoms with Crippen molar-refractivity contribution >= 4 is 11.9 Å². The maximum Gasteiger partial charge on any atom is 0.329 e. The van der Waals surface area contributed by atoms with Gasteiger partial charge in [-0.1, -0.05) is 31.8 Å². The zero-order chi connectivity index (χ0) is 14.9. The third kappa shape index (κ3) is 2.42. The lowest BCUT2D eigenvalue weighted by Crippen LogP contribution is -2.52. The molecule has 1 saturated carbocycles. The largest absolute Gasteiger partial charge is 0.480 e. The Labute approximate surface area is 117 Å². The van der Waals surface area contributed by atoms with Gasteiger partial charge in [-0.3, -0.25) is 4.79 Å². The second-order valence-electron chi connectivity index (χ2n) is 5.71. The minimum Gasteiger partial charge on any atom is -0.480 e. The number of aromatic nitrogens is 1. The first kappa shape index (κ1) is 14.6. The summed E-state index contributed by atoms with van der Waals surface area (Å²) in [6.07, 6.45) is 2.56. The molecule has 0 spiro atoms. The van der Waals surface area contributed by atoms with Crippen LogP contribution >= 0.6 is 0 Å². The summed E-state index contributed by atoms with van der Waals surface area (Å²) in [5, 5.41) is 15.9. The number of carboxylic acid groups (broad SMARTS) is 1. The molecule has 1 aliphatic rings. The van der Waals surface area contributed by atoms with Crippen LogP contribution < -0.4 is 5.32 Å². The van der Waals surface area contributed by atoms with Gasteiger partial charge in [0.25, 0.3) is 5.91 Å². The van der Waals surface area contributed by atoms with E-state index in [4.69, 9.17) is 4.52 Å². The highest BCUT2D eigenvalue weighted by Crippen LogP contribution is 2.31. The number of hydrogen-bond acceptors (Lipinski definition) is 4. The summed E-state index contributed by atoms with van der Waals surface area (Å²) < 4.78 is 5.18. The molecule has 6 heteroatoms. The molecule has 2 N–H and O–H groups in total. The predicted molar refractivity (Wildman–Crippen MR) is 71.6 cm³/mol. The van der Waals surface area contributed by atoms with Crippen molar-refractivity contribution < 1.29 is 19.2 Å². The summed E-state index contributed by atoms with van der Waals surface area (Å²) in [5.74, 6) is -0.861. The SMILES string of the molecule is Cc1noc(C(C)C)c1C(=O)NC1(C(=O)O)CCCC1. The number of rotatable bonds is 4. The summed E-state index contributed by atoms with van der Waals surface area (Å²) in [7, 11) is 0. The molecule has 6 nitrogen and oxygen atoms in total. The van der Waals surface area contributed by atoms with Crippen molar-refractivity contribution in [2.24, 2.45) is 0 Å². The minimum absolute atomic E-state index is 0.0151. The lowest BCUT2D eigenvalue weighted by molar-refractivity contribution is -0.144. The van der Waals surface area contributed by atoms with E-state index in [1.807, 2.05) is 13.8 Å². The van der Waals surface area contributed by atoms with Crippen LogP contribution in [0, 0.1) is 6.92 Å². The monoisotopic (exact) mass is 280 g/mol. The van der Waals surface area contributed by atoms with Gasteiger partial charge in [0.15, 0.2) is 5.76 Å². The van der Waals surface area contributed by atoms with Crippen molar-refractivity contribution in [1.82, 2.24) is 10.5 Å². The average Bonchev–Trinajstić information content (AvgIpc) is 2.96. The van der Waals surface area contributed by atoms with Crippen LogP contribution in [0.1, 0.15) is 67.3 Å². The van der Waals surface area contributed by atoms with E-state index < -0.39 is 17.4 Å². The molecule has 2 rings (SSSR count). The molecule has 0 radical (unpaired) electrons. The number of hydrogen-bond donors (Lipinski definition) is 2. The first-order valence-corrected chi connectivity index (χ1v) is 6.89. The van der Waals surface area contributed by atoms with Crippen LogP contribution in [0.5, 0.6) is 0 Å². The molecule has 1 amide bonds. The van der Waals surface area contributed by atoms with E-state index in [-0.39, 0.29) is 5.92 Å². The van der Waals surface area contributed by atoms with Gasteiger partial charge in [0.1, 0.15) is 11.1 Å². The van der Waals surface area contributed by atoms with Crippen LogP contribution in [-0.4, -0.2) is 27.7 Å². The quantitative estimate of drug-likeness (QED) is 0.882. The summed E-state index contributed by atoms with van der Waals surface area (Å²) in [6, 6.07) is 0. The number of amides is 1. The third-order valence-corrected chi connectivity index (χ3v) is 3.86. The Morgan fingerprint density at radius 3 is 2.45 bits per heavy atom. The standard InChI is InChI=1S/C14H20N2O4/c1-8(2)11-10(9(3)16-20-11)12(17)15-14(13(18)19)6-4-5-7-14/h8H,4-7H2,1-3H3,(H,15,17)(H,18,19). The normalized spacial score (nSPS) is 17.4. The number of nitrogens with zero attached hydrogens (tertiary/aromatic N) is 1. The Morgan fingerprint density at radius 1 is 1.35 bits per heavy atom. The number of carbonyl (C=O) groups is 2. The summed E-state index contributed by atoms with van der Waals surface area (Å²) in [5.41, 5.74) is -0.285. The van der Waals surface area contributed by atoms with Gasteiger partial charge in [-0.25, -0.2) is 4.79 Å². The van der Waals surface area contributed by atoms with Gasteiger partial charge in [0, 0.05) is 5.92 Å². The number of aryl methyl sites for hydroxylation is 1. The van der Waals surface area contributed by atoms with E-state index in [1.54, 1.807) is 6.92 Å². The molecule has 0 bridgehead atoms. The molecule has 110 valence electrons. The van der Waals surface area contributed by atoms with Crippen LogP contribution in [0.15, 0.2) is 4.52 Å². The average molecular weight is 280 g/mol. The van der Waals surface area contributed by atoms with Gasteiger partial charge < -0.3 is 14.9 Å². The molecule has 20 heavy (non-hydrogen) atoms. The Morgan fingerprint density at radius 2 is 1.95 bits per heavy atom. The van der Waals surface area contributed by atoms with Crippen molar-refractivity contribution in [3.8, 4) is 0 Å². The van der Waals surface area contributed by atoms with Crippen molar-refractivity contribution in [3.05, 3.63) is 17.0 Å². The lowest BCUT2D eigenvalue weighted by atomic mass is 9.96. The highest BCUT2D eigenvalue weighted by Gasteiger charge is 2.43. The maximum absolute atomic E-state index is 12.4. The third-order valence-electron chi connectivity index (χ3n) is 3.86. The first-order chi connectivity index (χ1) is 9.37. The molecular formula is C14H20N2O4. The predicted octanol–water partition coefficient (Wildman–Crippen LogP) is 2.23. The fourth-order valence-electron chi connectivity index (χ4n) is 2.71. The molecule has 0 aliphatic heterocycles. The molecule has 1 aliphatic carbocycles. The Bertz CT molecular complexity index is 527. The van der Waals surface area contributed by atoms with Crippen molar-refractivity contribution in [3.63, 3.8) is 0 Å². The van der Waals surface area contributed by atoms with E-state index in [9.17, 15) is 14.7 Å². The lowest BCUT2D eigenvalue weighted by Gasteiger charge is -2.25. The van der Waals surface area contributed by atoms with Crippen LogP contribution in [0.25, 0.3) is 0 Å². The van der Waals surface area contributed by atoms with Gasteiger partial charge in [-0.2, -0.15) is 0 Å². The fraction of sp³-hybridized carbons (Fsp3) is 0.643. The topological polar surface area (TPSA) is 92.4 Å². The van der Waals surface area contributed by atoms with Crippen molar-refractivity contribution in [2.75, 3.05) is 0 Å². The highest BCUT2D eigenvalue weighted by molar-refractivity contribution is 5.99. The van der Waals surface area contributed by atoms with Crippen molar-refractivity contribution in [2.45, 2.75) is 57.9 Å². The molecule has 0 atom stereocenters. The second kappa shape index (κ2) is 5.26. The number of nitrogens with one attached hydrogen (secondary N) is 1. The molecule has 1 fully saturated rings. The van der Waals surface area contributed by atoms with E-state index >= 15 is 0 Å².